The summed E-state index contributed by atoms with van der Waals surface area (Å²) in [6.45, 7) is 16.6. The number of benzene rings is 1. The van der Waals surface area contributed by atoms with E-state index in [1.165, 1.54) is 12.1 Å². The number of nitrogens with one attached hydrogen (secondary N) is 1. The number of piperidine rings is 1. The van der Waals surface area contributed by atoms with Crippen molar-refractivity contribution < 1.29 is 18.3 Å². The largest absolute Gasteiger partial charge is 0.444 e. The molecule has 0 saturated carbocycles. The fraction of sp³-hybridized carbons (Fsp3) is 0.485. The Hall–Kier alpha value is -4.19. The van der Waals surface area contributed by atoms with Crippen LogP contribution in [0.15, 0.2) is 36.8 Å². The van der Waals surface area contributed by atoms with E-state index in [1.54, 1.807) is 18.5 Å². The van der Waals surface area contributed by atoms with E-state index >= 15 is 4.39 Å². The van der Waals surface area contributed by atoms with Gasteiger partial charge in [0.1, 0.15) is 28.6 Å². The molecule has 2 aliphatic heterocycles. The summed E-state index contributed by atoms with van der Waals surface area (Å²) >= 11 is 0. The molecular formula is C33H40F2N8O2. The summed E-state index contributed by atoms with van der Waals surface area (Å²) in [5.74, 6) is 0.273. The summed E-state index contributed by atoms with van der Waals surface area (Å²) in [6.07, 6.45) is 5.27. The van der Waals surface area contributed by atoms with Gasteiger partial charge in [0, 0.05) is 67.2 Å². The Kier molecular flexibility index (Phi) is 7.75. The van der Waals surface area contributed by atoms with Crippen molar-refractivity contribution >= 4 is 28.9 Å². The predicted octanol–water partition coefficient (Wildman–Crippen LogP) is 6.63. The summed E-state index contributed by atoms with van der Waals surface area (Å²) in [4.78, 5) is 34.3. The number of carbonyl (C=O) groups is 1. The van der Waals surface area contributed by atoms with Crippen molar-refractivity contribution in [1.29, 1.82) is 0 Å². The first-order valence-corrected chi connectivity index (χ1v) is 15.3. The number of amides is 1. The molecule has 2 fully saturated rings. The average molecular weight is 619 g/mol. The second kappa shape index (κ2) is 11.3. The topological polar surface area (TPSA) is 101 Å². The third-order valence-corrected chi connectivity index (χ3v) is 8.62. The van der Waals surface area contributed by atoms with E-state index in [0.717, 1.165) is 24.7 Å². The fourth-order valence-corrected chi connectivity index (χ4v) is 6.79. The Morgan fingerprint density at radius 1 is 1.09 bits per heavy atom. The maximum atomic E-state index is 15.1. The Morgan fingerprint density at radius 3 is 2.49 bits per heavy atom. The van der Waals surface area contributed by atoms with Gasteiger partial charge in [-0.2, -0.15) is 0 Å². The van der Waals surface area contributed by atoms with Crippen molar-refractivity contribution in [2.45, 2.75) is 79.1 Å². The smallest absolute Gasteiger partial charge is 0.410 e. The van der Waals surface area contributed by atoms with Crippen molar-refractivity contribution in [3.05, 3.63) is 59.8 Å². The Balaban J connectivity index is 1.12. The van der Waals surface area contributed by atoms with Crippen LogP contribution in [0.25, 0.3) is 22.2 Å². The monoisotopic (exact) mass is 618 g/mol. The first kappa shape index (κ1) is 30.8. The van der Waals surface area contributed by atoms with Crippen molar-refractivity contribution in [3.8, 4) is 11.1 Å². The highest BCUT2D eigenvalue weighted by Gasteiger charge is 2.52. The van der Waals surface area contributed by atoms with Crippen molar-refractivity contribution in [3.63, 3.8) is 0 Å². The van der Waals surface area contributed by atoms with Gasteiger partial charge < -0.3 is 19.5 Å². The van der Waals surface area contributed by atoms with Gasteiger partial charge in [-0.1, -0.05) is 6.92 Å². The van der Waals surface area contributed by atoms with Gasteiger partial charge in [-0.05, 0) is 71.7 Å². The number of aryl methyl sites for hydroxylation is 1. The van der Waals surface area contributed by atoms with Crippen molar-refractivity contribution in [2.24, 2.45) is 5.41 Å². The molecule has 0 bridgehead atoms. The van der Waals surface area contributed by atoms with Crippen LogP contribution in [-0.2, 0) is 11.3 Å². The quantitative estimate of drug-likeness (QED) is 0.257. The number of carbonyl (C=O) groups excluding carboxylic acids is 1. The van der Waals surface area contributed by atoms with Crippen LogP contribution in [0.4, 0.5) is 25.3 Å². The zero-order valence-corrected chi connectivity index (χ0v) is 26.9. The van der Waals surface area contributed by atoms with Gasteiger partial charge in [0.05, 0.1) is 11.7 Å². The molecule has 0 spiro atoms. The number of imidazole rings is 1. The van der Waals surface area contributed by atoms with Gasteiger partial charge >= 0.3 is 6.09 Å². The third kappa shape index (κ3) is 6.07. The number of halogens is 2. The summed E-state index contributed by atoms with van der Waals surface area (Å²) in [6, 6.07) is 5.01. The number of anilines is 2. The molecule has 2 atom stereocenters. The van der Waals surface area contributed by atoms with Crippen LogP contribution in [0.3, 0.4) is 0 Å². The highest BCUT2D eigenvalue weighted by molar-refractivity contribution is 5.84. The van der Waals surface area contributed by atoms with Crippen LogP contribution in [0.5, 0.6) is 0 Å². The number of hydrogen-bond donors (Lipinski definition) is 1. The maximum absolute atomic E-state index is 15.1. The minimum absolute atomic E-state index is 0.0180. The van der Waals surface area contributed by atoms with E-state index in [1.807, 2.05) is 51.0 Å². The third-order valence-electron chi connectivity index (χ3n) is 8.62. The summed E-state index contributed by atoms with van der Waals surface area (Å²) in [5.41, 5.74) is 1.94. The van der Waals surface area contributed by atoms with E-state index in [9.17, 15) is 9.18 Å². The van der Waals surface area contributed by atoms with E-state index in [2.05, 4.69) is 37.1 Å². The number of fused-ring (bicyclic) bond motifs is 2. The number of hydrogen-bond acceptors (Lipinski definition) is 8. The first-order valence-electron chi connectivity index (χ1n) is 15.3. The normalized spacial score (nSPS) is 20.3. The molecule has 4 aromatic rings. The molecule has 3 aromatic heterocycles. The van der Waals surface area contributed by atoms with Crippen LogP contribution < -0.4 is 5.32 Å². The highest BCUT2D eigenvalue weighted by Crippen LogP contribution is 2.44. The van der Waals surface area contributed by atoms with Crippen LogP contribution in [-0.4, -0.2) is 71.7 Å². The molecule has 2 aliphatic rings. The van der Waals surface area contributed by atoms with Gasteiger partial charge in [-0.3, -0.25) is 4.90 Å². The van der Waals surface area contributed by atoms with E-state index in [0.29, 0.717) is 54.3 Å². The van der Waals surface area contributed by atoms with E-state index < -0.39 is 17.2 Å². The average Bonchev–Trinajstić information content (AvgIpc) is 3.29. The highest BCUT2D eigenvalue weighted by atomic mass is 19.1. The van der Waals surface area contributed by atoms with Crippen LogP contribution in [0.2, 0.25) is 0 Å². The summed E-state index contributed by atoms with van der Waals surface area (Å²) in [5, 5.41) is 3.04. The van der Waals surface area contributed by atoms with Gasteiger partial charge in [-0.15, -0.1) is 0 Å². The molecular weight excluding hydrogens is 578 g/mol. The molecule has 0 aliphatic carbocycles. The molecule has 1 N–H and O–H groups in total. The Bertz CT molecular complexity index is 1750. The molecule has 12 heteroatoms. The second-order valence-electron chi connectivity index (χ2n) is 13.8. The lowest BCUT2D eigenvalue weighted by Crippen LogP contribution is -2.70. The van der Waals surface area contributed by atoms with Crippen LogP contribution in [0, 0.1) is 24.0 Å². The van der Waals surface area contributed by atoms with Gasteiger partial charge in [0.25, 0.3) is 0 Å². The molecule has 0 unspecified atom stereocenters. The zero-order valence-electron chi connectivity index (χ0n) is 26.9. The number of likely N-dealkylation sites (tertiary alicyclic amines) is 2. The lowest BCUT2D eigenvalue weighted by Gasteiger charge is -2.60. The summed E-state index contributed by atoms with van der Waals surface area (Å²) < 4.78 is 37.6. The van der Waals surface area contributed by atoms with Gasteiger partial charge in [-0.25, -0.2) is 33.5 Å². The molecule has 0 radical (unpaired) electrons. The number of aromatic nitrogens is 5. The molecule has 10 nitrogen and oxygen atoms in total. The van der Waals surface area contributed by atoms with Crippen molar-refractivity contribution in [2.75, 3.05) is 25.0 Å². The fourth-order valence-electron chi connectivity index (χ4n) is 6.79. The van der Waals surface area contributed by atoms with Crippen molar-refractivity contribution in [1.82, 2.24) is 34.3 Å². The molecule has 1 amide bonds. The zero-order chi connectivity index (χ0) is 32.3. The Morgan fingerprint density at radius 2 is 1.82 bits per heavy atom. The maximum Gasteiger partial charge on any atom is 0.410 e. The van der Waals surface area contributed by atoms with Crippen LogP contribution in [0.1, 0.15) is 65.4 Å². The SMILES string of the molecule is Cc1nc2c(F)cc(-c3cc(Nc4ncc(CN5C[C@@]6(C)CN(C(=O)OC(C)(C)C)CC[C@@H]56)cn4)ncc3F)cc2n1C(C)C. The minimum Gasteiger partial charge on any atom is -0.444 e. The molecule has 238 valence electrons. The molecule has 2 saturated heterocycles. The van der Waals surface area contributed by atoms with Gasteiger partial charge in [0.15, 0.2) is 5.82 Å². The van der Waals surface area contributed by atoms with E-state index in [4.69, 9.17) is 4.74 Å². The Labute approximate surface area is 261 Å². The molecule has 45 heavy (non-hydrogen) atoms. The number of ether oxygens (including phenoxy) is 1. The van der Waals surface area contributed by atoms with Gasteiger partial charge in [0.2, 0.25) is 5.95 Å². The van der Waals surface area contributed by atoms with E-state index in [-0.39, 0.29) is 28.6 Å². The number of nitrogens with zero attached hydrogens (tertiary/aromatic N) is 7. The molecule has 6 rings (SSSR count). The lowest BCUT2D eigenvalue weighted by molar-refractivity contribution is -0.116. The minimum atomic E-state index is -0.568. The molecule has 5 heterocycles. The summed E-state index contributed by atoms with van der Waals surface area (Å²) in [7, 11) is 0. The standard InChI is InChI=1S/C33H40F2N8O2/c1-19(2)43-20(3)39-29-24(34)10-22(11-26(29)43)23-12-28(36-15-25(23)35)40-30-37-13-21(14-38-30)16-42-18-33(7)17-41(9-8-27(33)42)31(44)45-32(4,5)6/h10-15,19,27H,8-9,16-18H2,1-7H3,(H,36,37,38,40)/t27-,33-/m1/s1. The number of rotatable bonds is 6. The predicted molar refractivity (Wildman–Crippen MR) is 168 cm³/mol. The van der Waals surface area contributed by atoms with Crippen LogP contribution >= 0.6 is 0 Å². The second-order valence-corrected chi connectivity index (χ2v) is 13.8. The lowest BCUT2D eigenvalue weighted by atomic mass is 9.69. The number of pyridine rings is 1. The first-order chi connectivity index (χ1) is 21.2. The molecule has 1 aromatic carbocycles.